The van der Waals surface area contributed by atoms with Crippen LogP contribution < -0.4 is 11.1 Å². The van der Waals surface area contributed by atoms with Crippen LogP contribution in [0.1, 0.15) is 46.8 Å². The third-order valence-corrected chi connectivity index (χ3v) is 6.87. The lowest BCUT2D eigenvalue weighted by Crippen LogP contribution is -2.36. The molecule has 1 atom stereocenters. The first kappa shape index (κ1) is 22.5. The van der Waals surface area contributed by atoms with Gasteiger partial charge in [-0.25, -0.2) is 13.8 Å². The zero-order valence-corrected chi connectivity index (χ0v) is 18.9. The maximum absolute atomic E-state index is 13.0. The summed E-state index contributed by atoms with van der Waals surface area (Å²) in [6.45, 7) is 1.16. The normalized spacial score (nSPS) is 18.6. The number of hydrogen-bond acceptors (Lipinski definition) is 4. The van der Waals surface area contributed by atoms with Crippen LogP contribution in [-0.4, -0.2) is 41.9 Å². The van der Waals surface area contributed by atoms with Gasteiger partial charge >= 0.3 is 0 Å². The van der Waals surface area contributed by atoms with Gasteiger partial charge in [-0.3, -0.25) is 9.69 Å². The molecule has 176 valence electrons. The van der Waals surface area contributed by atoms with E-state index in [9.17, 15) is 13.6 Å². The number of anilines is 1. The third kappa shape index (κ3) is 4.53. The van der Waals surface area contributed by atoms with Crippen molar-refractivity contribution in [3.8, 4) is 22.3 Å². The fourth-order valence-electron chi connectivity index (χ4n) is 5.12. The monoisotopic (exact) mass is 462 g/mol. The minimum atomic E-state index is -2.32. The van der Waals surface area contributed by atoms with E-state index in [2.05, 4.69) is 10.3 Å². The molecule has 0 bridgehead atoms. The van der Waals surface area contributed by atoms with Crippen molar-refractivity contribution in [3.05, 3.63) is 71.4 Å². The number of hydrogen-bond donors (Lipinski definition) is 2. The molecule has 34 heavy (non-hydrogen) atoms. The van der Waals surface area contributed by atoms with Gasteiger partial charge in [0.1, 0.15) is 5.82 Å². The van der Waals surface area contributed by atoms with Crippen LogP contribution in [0.5, 0.6) is 0 Å². The number of carbonyl (C=O) groups is 1. The molecule has 3 heterocycles. The predicted octanol–water partition coefficient (Wildman–Crippen LogP) is 5.08. The van der Waals surface area contributed by atoms with Crippen LogP contribution >= 0.6 is 0 Å². The fourth-order valence-corrected chi connectivity index (χ4v) is 5.12. The number of nitrogens with one attached hydrogen (secondary N) is 1. The van der Waals surface area contributed by atoms with Crippen LogP contribution in [0.2, 0.25) is 0 Å². The molecule has 3 aromatic rings. The minimum Gasteiger partial charge on any atom is -0.383 e. The van der Waals surface area contributed by atoms with Crippen LogP contribution in [0, 0.1) is 0 Å². The number of piperidine rings is 1. The number of rotatable bonds is 5. The van der Waals surface area contributed by atoms with Gasteiger partial charge in [-0.2, -0.15) is 0 Å². The molecule has 2 aromatic carbocycles. The van der Waals surface area contributed by atoms with Crippen molar-refractivity contribution in [2.24, 2.45) is 0 Å². The molecule has 2 aliphatic heterocycles. The van der Waals surface area contributed by atoms with Gasteiger partial charge in [0, 0.05) is 35.5 Å². The number of nitrogens with two attached hydrogens (primary N) is 1. The van der Waals surface area contributed by atoms with E-state index >= 15 is 0 Å². The second-order valence-corrected chi connectivity index (χ2v) is 9.05. The van der Waals surface area contributed by atoms with Gasteiger partial charge in [-0.15, -0.1) is 0 Å². The van der Waals surface area contributed by atoms with Gasteiger partial charge in [-0.1, -0.05) is 42.8 Å². The average Bonchev–Trinajstić information content (AvgIpc) is 2.84. The van der Waals surface area contributed by atoms with Crippen molar-refractivity contribution in [1.29, 1.82) is 0 Å². The largest absolute Gasteiger partial charge is 0.383 e. The zero-order valence-electron chi connectivity index (χ0n) is 18.9. The topological polar surface area (TPSA) is 71.2 Å². The highest BCUT2D eigenvalue weighted by atomic mass is 19.3. The van der Waals surface area contributed by atoms with Crippen LogP contribution in [0.15, 0.2) is 54.7 Å². The number of aromatic nitrogens is 1. The number of pyridine rings is 1. The van der Waals surface area contributed by atoms with E-state index in [-0.39, 0.29) is 18.5 Å². The summed E-state index contributed by atoms with van der Waals surface area (Å²) in [4.78, 5) is 18.4. The molecule has 1 aromatic heterocycles. The second kappa shape index (κ2) is 9.50. The van der Waals surface area contributed by atoms with E-state index in [1.165, 1.54) is 0 Å². The number of amides is 1. The second-order valence-electron chi connectivity index (χ2n) is 9.05. The van der Waals surface area contributed by atoms with E-state index in [1.54, 1.807) is 6.20 Å². The molecule has 1 fully saturated rings. The SMILES string of the molecule is Nc1ncc(-c2ccc(C3CCCCN3CC(F)F)cc2)cc1-c1ccc2c(c1)CCNC2=O. The molecule has 0 saturated carbocycles. The van der Waals surface area contributed by atoms with Gasteiger partial charge in [-0.05, 0) is 60.2 Å². The molecule has 5 nitrogen and oxygen atoms in total. The Labute approximate surface area is 198 Å². The molecule has 0 radical (unpaired) electrons. The summed E-state index contributed by atoms with van der Waals surface area (Å²) in [6, 6.07) is 16.0. The number of halogens is 2. The molecule has 3 N–H and O–H groups in total. The van der Waals surface area contributed by atoms with Crippen molar-refractivity contribution < 1.29 is 13.6 Å². The molecular formula is C27H28F2N4O. The lowest BCUT2D eigenvalue weighted by molar-refractivity contribution is 0.0489. The number of nitrogens with zero attached hydrogens (tertiary/aromatic N) is 2. The van der Waals surface area contributed by atoms with Crippen LogP contribution in [0.25, 0.3) is 22.3 Å². The minimum absolute atomic E-state index is 0.0320. The highest BCUT2D eigenvalue weighted by molar-refractivity contribution is 5.97. The van der Waals surface area contributed by atoms with Crippen molar-refractivity contribution >= 4 is 11.7 Å². The van der Waals surface area contributed by atoms with Crippen LogP contribution in [0.4, 0.5) is 14.6 Å². The zero-order chi connectivity index (χ0) is 23.7. The first-order valence-corrected chi connectivity index (χ1v) is 11.8. The first-order chi connectivity index (χ1) is 16.5. The Morgan fingerprint density at radius 3 is 2.62 bits per heavy atom. The number of benzene rings is 2. The van der Waals surface area contributed by atoms with Crippen molar-refractivity contribution in [3.63, 3.8) is 0 Å². The van der Waals surface area contributed by atoms with E-state index < -0.39 is 6.43 Å². The van der Waals surface area contributed by atoms with Crippen molar-refractivity contribution in [2.45, 2.75) is 38.2 Å². The Hall–Kier alpha value is -3.32. The predicted molar refractivity (Wildman–Crippen MR) is 130 cm³/mol. The van der Waals surface area contributed by atoms with Gasteiger partial charge in [0.25, 0.3) is 12.3 Å². The van der Waals surface area contributed by atoms with Crippen LogP contribution in [0.3, 0.4) is 0 Å². The molecule has 5 rings (SSSR count). The lowest BCUT2D eigenvalue weighted by Gasteiger charge is -2.35. The fraction of sp³-hybridized carbons (Fsp3) is 0.333. The molecule has 1 amide bonds. The molecule has 0 aliphatic carbocycles. The number of fused-ring (bicyclic) bond motifs is 1. The Morgan fingerprint density at radius 1 is 1.03 bits per heavy atom. The van der Waals surface area contributed by atoms with Gasteiger partial charge in [0.2, 0.25) is 0 Å². The van der Waals surface area contributed by atoms with Gasteiger partial charge in [0.15, 0.2) is 0 Å². The van der Waals surface area contributed by atoms with Gasteiger partial charge < -0.3 is 11.1 Å². The van der Waals surface area contributed by atoms with E-state index in [0.29, 0.717) is 24.5 Å². The summed E-state index contributed by atoms with van der Waals surface area (Å²) in [7, 11) is 0. The number of alkyl halides is 2. The average molecular weight is 463 g/mol. The Morgan fingerprint density at radius 2 is 1.82 bits per heavy atom. The molecule has 1 unspecified atom stereocenters. The molecule has 0 spiro atoms. The van der Waals surface area contributed by atoms with Crippen LogP contribution in [-0.2, 0) is 6.42 Å². The van der Waals surface area contributed by atoms with Gasteiger partial charge in [0.05, 0.1) is 6.54 Å². The number of nitrogen functional groups attached to an aromatic ring is 1. The quantitative estimate of drug-likeness (QED) is 0.555. The Kier molecular flexibility index (Phi) is 6.28. The summed E-state index contributed by atoms with van der Waals surface area (Å²) in [5, 5.41) is 2.86. The van der Waals surface area contributed by atoms with E-state index in [1.807, 2.05) is 53.4 Å². The number of likely N-dealkylation sites (tertiary alicyclic amines) is 1. The molecule has 2 aliphatic rings. The summed E-state index contributed by atoms with van der Waals surface area (Å²) in [5.41, 5.74) is 12.7. The molecular weight excluding hydrogens is 434 g/mol. The molecule has 7 heteroatoms. The summed E-state index contributed by atoms with van der Waals surface area (Å²) < 4.78 is 26.1. The summed E-state index contributed by atoms with van der Waals surface area (Å²) in [5.74, 6) is 0.392. The Bertz CT molecular complexity index is 1200. The van der Waals surface area contributed by atoms with Crippen molar-refractivity contribution in [2.75, 3.05) is 25.4 Å². The van der Waals surface area contributed by atoms with E-state index in [4.69, 9.17) is 5.73 Å². The first-order valence-electron chi connectivity index (χ1n) is 11.8. The van der Waals surface area contributed by atoms with E-state index in [0.717, 1.165) is 59.1 Å². The summed E-state index contributed by atoms with van der Waals surface area (Å²) >= 11 is 0. The highest BCUT2D eigenvalue weighted by Gasteiger charge is 2.26. The van der Waals surface area contributed by atoms with Crippen molar-refractivity contribution in [1.82, 2.24) is 15.2 Å². The molecule has 1 saturated heterocycles. The maximum atomic E-state index is 13.0. The third-order valence-electron chi connectivity index (χ3n) is 6.87. The Balaban J connectivity index is 1.42. The standard InChI is InChI=1S/C27H28F2N4O/c28-25(29)16-33-12-2-1-3-24(33)18-6-4-17(5-7-18)21-14-23(26(30)32-15-21)19-8-9-22-20(13-19)10-11-31-27(22)34/h4-9,13-15,24-25H,1-3,10-12,16H2,(H2,30,32)(H,31,34). The highest BCUT2D eigenvalue weighted by Crippen LogP contribution is 2.34. The lowest BCUT2D eigenvalue weighted by atomic mass is 9.92. The maximum Gasteiger partial charge on any atom is 0.251 e. The smallest absolute Gasteiger partial charge is 0.251 e. The number of carbonyl (C=O) groups excluding carboxylic acids is 1. The summed E-state index contributed by atoms with van der Waals surface area (Å²) in [6.07, 6.45) is 3.14.